The zero-order valence-electron chi connectivity index (χ0n) is 11.4. The Labute approximate surface area is 109 Å². The maximum Gasteiger partial charge on any atom is 0.122 e. The summed E-state index contributed by atoms with van der Waals surface area (Å²) in [5.74, 6) is 1.69. The fourth-order valence-electron chi connectivity index (χ4n) is 1.72. The smallest absolute Gasteiger partial charge is 0.122 e. The number of ether oxygens (including phenoxy) is 3. The molecule has 0 aromatic heterocycles. The fraction of sp³-hybridized carbons (Fsp3) is 0.467. The molecule has 1 aromatic carbocycles. The first-order chi connectivity index (χ1) is 8.80. The molecule has 0 atom stereocenters. The van der Waals surface area contributed by atoms with E-state index in [0.717, 1.165) is 30.8 Å². The molecule has 1 rings (SSSR count). The van der Waals surface area contributed by atoms with E-state index in [1.165, 1.54) is 5.56 Å². The first kappa shape index (κ1) is 14.6. The van der Waals surface area contributed by atoms with Gasteiger partial charge >= 0.3 is 0 Å². The van der Waals surface area contributed by atoms with Crippen molar-refractivity contribution >= 4 is 0 Å². The van der Waals surface area contributed by atoms with Gasteiger partial charge in [0.15, 0.2) is 0 Å². The van der Waals surface area contributed by atoms with Crippen molar-refractivity contribution in [3.05, 3.63) is 35.9 Å². The van der Waals surface area contributed by atoms with Crippen molar-refractivity contribution in [1.82, 2.24) is 0 Å². The van der Waals surface area contributed by atoms with E-state index in [1.54, 1.807) is 21.3 Å². The first-order valence-electron chi connectivity index (χ1n) is 6.16. The van der Waals surface area contributed by atoms with Crippen molar-refractivity contribution in [3.63, 3.8) is 0 Å². The molecule has 0 unspecified atom stereocenters. The van der Waals surface area contributed by atoms with Gasteiger partial charge in [0.1, 0.15) is 11.5 Å². The Morgan fingerprint density at radius 2 is 1.61 bits per heavy atom. The third-order valence-corrected chi connectivity index (χ3v) is 2.68. The van der Waals surface area contributed by atoms with E-state index < -0.39 is 0 Å². The Bertz CT molecular complexity index is 350. The van der Waals surface area contributed by atoms with Gasteiger partial charge in [-0.15, -0.1) is 0 Å². The van der Waals surface area contributed by atoms with E-state index in [-0.39, 0.29) is 0 Å². The van der Waals surface area contributed by atoms with Crippen LogP contribution in [0.1, 0.15) is 18.4 Å². The number of benzene rings is 1. The van der Waals surface area contributed by atoms with Gasteiger partial charge in [0.05, 0.1) is 20.8 Å². The summed E-state index contributed by atoms with van der Waals surface area (Å²) in [5, 5.41) is 0. The maximum atomic E-state index is 5.25. The molecule has 3 heteroatoms. The normalized spacial score (nSPS) is 10.8. The lowest BCUT2D eigenvalue weighted by molar-refractivity contribution is 0.233. The number of aryl methyl sites for hydroxylation is 1. The molecule has 3 nitrogen and oxygen atoms in total. The molecule has 100 valence electrons. The average molecular weight is 250 g/mol. The molecular weight excluding hydrogens is 228 g/mol. The van der Waals surface area contributed by atoms with E-state index in [0.29, 0.717) is 6.61 Å². The van der Waals surface area contributed by atoms with Crippen molar-refractivity contribution in [3.8, 4) is 11.5 Å². The van der Waals surface area contributed by atoms with Crippen molar-refractivity contribution in [2.24, 2.45) is 0 Å². The van der Waals surface area contributed by atoms with Crippen LogP contribution in [-0.2, 0) is 11.2 Å². The lowest BCUT2D eigenvalue weighted by Crippen LogP contribution is -1.91. The Hall–Kier alpha value is -1.48. The average Bonchev–Trinajstić information content (AvgIpc) is 2.42. The molecule has 0 N–H and O–H groups in total. The number of hydrogen-bond donors (Lipinski definition) is 0. The van der Waals surface area contributed by atoms with Crippen LogP contribution in [0.5, 0.6) is 11.5 Å². The van der Waals surface area contributed by atoms with Gasteiger partial charge in [0.25, 0.3) is 0 Å². The highest BCUT2D eigenvalue weighted by Gasteiger charge is 2.01. The number of methoxy groups -OCH3 is 3. The number of rotatable bonds is 8. The van der Waals surface area contributed by atoms with Crippen LogP contribution in [0.25, 0.3) is 0 Å². The first-order valence-corrected chi connectivity index (χ1v) is 6.16. The minimum atomic E-state index is 0.687. The van der Waals surface area contributed by atoms with Crippen LogP contribution < -0.4 is 9.47 Å². The van der Waals surface area contributed by atoms with Crippen LogP contribution in [-0.4, -0.2) is 27.9 Å². The molecule has 18 heavy (non-hydrogen) atoms. The largest absolute Gasteiger partial charge is 0.497 e. The summed E-state index contributed by atoms with van der Waals surface area (Å²) in [6.45, 7) is 0.687. The molecule has 0 spiro atoms. The number of allylic oxidation sites excluding steroid dienone is 1. The highest BCUT2D eigenvalue weighted by atomic mass is 16.5. The molecular formula is C15H22O3. The summed E-state index contributed by atoms with van der Waals surface area (Å²) in [5.41, 5.74) is 1.24. The quantitative estimate of drug-likeness (QED) is 0.523. The molecule has 0 aliphatic rings. The van der Waals surface area contributed by atoms with Gasteiger partial charge in [0, 0.05) is 13.2 Å². The molecule has 0 aliphatic heterocycles. The van der Waals surface area contributed by atoms with E-state index in [9.17, 15) is 0 Å². The molecule has 0 saturated heterocycles. The lowest BCUT2D eigenvalue weighted by atomic mass is 10.1. The minimum Gasteiger partial charge on any atom is -0.497 e. The van der Waals surface area contributed by atoms with Gasteiger partial charge < -0.3 is 14.2 Å². The molecule has 0 aliphatic carbocycles. The van der Waals surface area contributed by atoms with Gasteiger partial charge in [-0.05, 0) is 37.0 Å². The van der Waals surface area contributed by atoms with Crippen LogP contribution >= 0.6 is 0 Å². The molecule has 0 amide bonds. The number of unbranched alkanes of at least 4 members (excludes halogenated alkanes) is 1. The van der Waals surface area contributed by atoms with Gasteiger partial charge in [-0.2, -0.15) is 0 Å². The molecule has 0 bridgehead atoms. The van der Waals surface area contributed by atoms with Crippen LogP contribution in [0.15, 0.2) is 30.4 Å². The van der Waals surface area contributed by atoms with E-state index in [2.05, 4.69) is 18.2 Å². The Kier molecular flexibility index (Phi) is 6.96. The molecule has 0 radical (unpaired) electrons. The van der Waals surface area contributed by atoms with Crippen LogP contribution in [0.3, 0.4) is 0 Å². The van der Waals surface area contributed by atoms with Gasteiger partial charge in [-0.3, -0.25) is 0 Å². The second kappa shape index (κ2) is 8.59. The standard InChI is InChI=1S/C15H22O3/c1-16-9-7-5-4-6-8-13-10-14(17-2)12-15(11-13)18-3/h5,7,10-12H,4,6,8-9H2,1-3H3/b7-5+. The molecule has 0 fully saturated rings. The van der Waals surface area contributed by atoms with Crippen LogP contribution in [0.2, 0.25) is 0 Å². The van der Waals surface area contributed by atoms with E-state index in [4.69, 9.17) is 14.2 Å². The summed E-state index contributed by atoms with van der Waals surface area (Å²) in [4.78, 5) is 0. The van der Waals surface area contributed by atoms with Crippen molar-refractivity contribution < 1.29 is 14.2 Å². The topological polar surface area (TPSA) is 27.7 Å². The number of hydrogen-bond acceptors (Lipinski definition) is 3. The molecule has 1 aromatic rings. The monoisotopic (exact) mass is 250 g/mol. The zero-order chi connectivity index (χ0) is 13.2. The van der Waals surface area contributed by atoms with E-state index in [1.807, 2.05) is 12.1 Å². The highest BCUT2D eigenvalue weighted by molar-refractivity contribution is 5.38. The summed E-state index contributed by atoms with van der Waals surface area (Å²) >= 11 is 0. The van der Waals surface area contributed by atoms with E-state index >= 15 is 0 Å². The SMILES string of the molecule is COC/C=C/CCCc1cc(OC)cc(OC)c1. The Morgan fingerprint density at radius 1 is 0.944 bits per heavy atom. The third kappa shape index (κ3) is 5.23. The molecule has 0 heterocycles. The van der Waals surface area contributed by atoms with Crippen LogP contribution in [0.4, 0.5) is 0 Å². The fourth-order valence-corrected chi connectivity index (χ4v) is 1.72. The summed E-state index contributed by atoms with van der Waals surface area (Å²) in [6, 6.07) is 6.00. The summed E-state index contributed by atoms with van der Waals surface area (Å²) < 4.78 is 15.4. The minimum absolute atomic E-state index is 0.687. The van der Waals surface area contributed by atoms with Crippen molar-refractivity contribution in [2.45, 2.75) is 19.3 Å². The molecule has 0 saturated carbocycles. The maximum absolute atomic E-state index is 5.25. The van der Waals surface area contributed by atoms with Crippen molar-refractivity contribution in [1.29, 1.82) is 0 Å². The van der Waals surface area contributed by atoms with Crippen LogP contribution in [0, 0.1) is 0 Å². The lowest BCUT2D eigenvalue weighted by Gasteiger charge is -2.07. The summed E-state index contributed by atoms with van der Waals surface area (Å²) in [6.07, 6.45) is 7.39. The van der Waals surface area contributed by atoms with Gasteiger partial charge in [0.2, 0.25) is 0 Å². The second-order valence-corrected chi connectivity index (χ2v) is 4.04. The summed E-state index contributed by atoms with van der Waals surface area (Å²) in [7, 11) is 5.05. The van der Waals surface area contributed by atoms with Gasteiger partial charge in [-0.25, -0.2) is 0 Å². The predicted molar refractivity (Wildman–Crippen MR) is 73.5 cm³/mol. The predicted octanol–water partition coefficient (Wildman–Crippen LogP) is 3.23. The highest BCUT2D eigenvalue weighted by Crippen LogP contribution is 2.23. The Morgan fingerprint density at radius 3 is 2.17 bits per heavy atom. The zero-order valence-corrected chi connectivity index (χ0v) is 11.4. The van der Waals surface area contributed by atoms with Crippen molar-refractivity contribution in [2.75, 3.05) is 27.9 Å². The Balaban J connectivity index is 2.46. The second-order valence-electron chi connectivity index (χ2n) is 4.04. The van der Waals surface area contributed by atoms with Gasteiger partial charge in [-0.1, -0.05) is 12.2 Å². The third-order valence-electron chi connectivity index (χ3n) is 2.68.